The molecule has 3 heteroatoms. The van der Waals surface area contributed by atoms with E-state index in [9.17, 15) is 4.39 Å². The minimum Gasteiger partial charge on any atom is -0.484 e. The number of halogens is 1. The average molecular weight is 273 g/mol. The van der Waals surface area contributed by atoms with E-state index in [-0.39, 0.29) is 11.9 Å². The van der Waals surface area contributed by atoms with Gasteiger partial charge in [-0.15, -0.1) is 0 Å². The van der Waals surface area contributed by atoms with Crippen molar-refractivity contribution in [3.8, 4) is 5.75 Å². The smallest absolute Gasteiger partial charge is 0.141 e. The largest absolute Gasteiger partial charge is 0.484 e. The summed E-state index contributed by atoms with van der Waals surface area (Å²) >= 11 is 0. The molecule has 20 heavy (non-hydrogen) atoms. The molecule has 2 atom stereocenters. The number of ether oxygens (including phenoxy) is 1. The molecule has 2 rings (SSSR count). The molecule has 0 aliphatic rings. The summed E-state index contributed by atoms with van der Waals surface area (Å²) in [5, 5.41) is 0. The predicted octanol–water partition coefficient (Wildman–Crippen LogP) is 3.91. The second-order valence-corrected chi connectivity index (χ2v) is 5.19. The van der Waals surface area contributed by atoms with E-state index in [2.05, 4.69) is 0 Å². The molecule has 2 N–H and O–H groups in total. The molecule has 106 valence electrons. The summed E-state index contributed by atoms with van der Waals surface area (Å²) in [6.07, 6.45) is -0.502. The van der Waals surface area contributed by atoms with Gasteiger partial charge in [0, 0.05) is 11.6 Å². The number of rotatable bonds is 4. The van der Waals surface area contributed by atoms with Gasteiger partial charge in [-0.2, -0.15) is 0 Å². The van der Waals surface area contributed by atoms with Crippen LogP contribution in [0.3, 0.4) is 0 Å². The third-order valence-electron chi connectivity index (χ3n) is 3.27. The number of hydrogen-bond acceptors (Lipinski definition) is 2. The SMILES string of the molecule is Cc1ccc(OC(c2ccccc2F)C(C)N)c(C)c1. The van der Waals surface area contributed by atoms with Crippen LogP contribution in [0.1, 0.15) is 29.7 Å². The lowest BCUT2D eigenvalue weighted by Gasteiger charge is -2.24. The van der Waals surface area contributed by atoms with Crippen LogP contribution in [0.2, 0.25) is 0 Å². The Hall–Kier alpha value is -1.87. The van der Waals surface area contributed by atoms with Gasteiger partial charge in [0.05, 0.1) is 0 Å². The number of hydrogen-bond donors (Lipinski definition) is 1. The molecule has 0 saturated carbocycles. The van der Waals surface area contributed by atoms with Crippen molar-refractivity contribution in [2.45, 2.75) is 32.9 Å². The maximum atomic E-state index is 13.9. The van der Waals surface area contributed by atoms with Gasteiger partial charge in [0.15, 0.2) is 0 Å². The van der Waals surface area contributed by atoms with Gasteiger partial charge >= 0.3 is 0 Å². The van der Waals surface area contributed by atoms with Gasteiger partial charge in [-0.1, -0.05) is 35.9 Å². The Kier molecular flexibility index (Phi) is 4.40. The van der Waals surface area contributed by atoms with E-state index in [1.165, 1.54) is 6.07 Å². The summed E-state index contributed by atoms with van der Waals surface area (Å²) in [6, 6.07) is 12.2. The summed E-state index contributed by atoms with van der Waals surface area (Å²) in [4.78, 5) is 0. The van der Waals surface area contributed by atoms with Crippen molar-refractivity contribution in [3.63, 3.8) is 0 Å². The van der Waals surface area contributed by atoms with Gasteiger partial charge in [0.1, 0.15) is 17.7 Å². The first-order chi connectivity index (χ1) is 9.49. The Morgan fingerprint density at radius 1 is 1.10 bits per heavy atom. The highest BCUT2D eigenvalue weighted by Crippen LogP contribution is 2.28. The minimum absolute atomic E-state index is 0.292. The third-order valence-corrected chi connectivity index (χ3v) is 3.27. The first-order valence-corrected chi connectivity index (χ1v) is 6.73. The molecule has 0 aliphatic carbocycles. The summed E-state index contributed by atoms with van der Waals surface area (Å²) < 4.78 is 19.9. The lowest BCUT2D eigenvalue weighted by Crippen LogP contribution is -2.30. The van der Waals surface area contributed by atoms with Crippen LogP contribution >= 0.6 is 0 Å². The lowest BCUT2D eigenvalue weighted by molar-refractivity contribution is 0.174. The van der Waals surface area contributed by atoms with E-state index >= 15 is 0 Å². The van der Waals surface area contributed by atoms with Crippen LogP contribution < -0.4 is 10.5 Å². The maximum Gasteiger partial charge on any atom is 0.141 e. The zero-order valence-corrected chi connectivity index (χ0v) is 12.1. The zero-order chi connectivity index (χ0) is 14.7. The highest BCUT2D eigenvalue weighted by Gasteiger charge is 2.22. The van der Waals surface area contributed by atoms with Crippen LogP contribution in [0.5, 0.6) is 5.75 Å². The molecular weight excluding hydrogens is 253 g/mol. The molecule has 0 aliphatic heterocycles. The molecule has 0 spiro atoms. The normalized spacial score (nSPS) is 13.8. The van der Waals surface area contributed by atoms with Crippen LogP contribution in [0, 0.1) is 19.7 Å². The van der Waals surface area contributed by atoms with E-state index in [0.717, 1.165) is 16.9 Å². The van der Waals surface area contributed by atoms with Crippen molar-refractivity contribution >= 4 is 0 Å². The molecular formula is C17H20FNO. The van der Waals surface area contributed by atoms with Gasteiger partial charge in [0.25, 0.3) is 0 Å². The zero-order valence-electron chi connectivity index (χ0n) is 12.1. The molecule has 0 heterocycles. The minimum atomic E-state index is -0.502. The fourth-order valence-corrected chi connectivity index (χ4v) is 2.23. The van der Waals surface area contributed by atoms with E-state index < -0.39 is 6.10 Å². The van der Waals surface area contributed by atoms with Crippen LogP contribution in [-0.2, 0) is 0 Å². The maximum absolute atomic E-state index is 13.9. The summed E-state index contributed by atoms with van der Waals surface area (Å²) in [7, 11) is 0. The van der Waals surface area contributed by atoms with Gasteiger partial charge < -0.3 is 10.5 Å². The molecule has 0 saturated heterocycles. The second-order valence-electron chi connectivity index (χ2n) is 5.19. The van der Waals surface area contributed by atoms with Crippen LogP contribution in [0.4, 0.5) is 4.39 Å². The van der Waals surface area contributed by atoms with Crippen molar-refractivity contribution in [3.05, 3.63) is 65.0 Å². The van der Waals surface area contributed by atoms with Crippen LogP contribution in [0.15, 0.2) is 42.5 Å². The quantitative estimate of drug-likeness (QED) is 0.916. The standard InChI is InChI=1S/C17H20FNO/c1-11-8-9-16(12(2)10-11)20-17(13(3)19)14-6-4-5-7-15(14)18/h4-10,13,17H,19H2,1-3H3. The van der Waals surface area contributed by atoms with Gasteiger partial charge in [-0.05, 0) is 38.5 Å². The molecule has 2 aromatic rings. The average Bonchev–Trinajstić information content (AvgIpc) is 2.39. The van der Waals surface area contributed by atoms with Crippen LogP contribution in [0.25, 0.3) is 0 Å². The highest BCUT2D eigenvalue weighted by molar-refractivity contribution is 5.36. The van der Waals surface area contributed by atoms with E-state index in [0.29, 0.717) is 5.56 Å². The highest BCUT2D eigenvalue weighted by atomic mass is 19.1. The van der Waals surface area contributed by atoms with Gasteiger partial charge in [-0.25, -0.2) is 4.39 Å². The molecule has 2 nitrogen and oxygen atoms in total. The number of aryl methyl sites for hydroxylation is 2. The fraction of sp³-hybridized carbons (Fsp3) is 0.294. The Balaban J connectivity index is 2.33. The molecule has 0 fully saturated rings. The summed E-state index contributed by atoms with van der Waals surface area (Å²) in [6.45, 7) is 5.82. The topological polar surface area (TPSA) is 35.2 Å². The van der Waals surface area contributed by atoms with Crippen molar-refractivity contribution in [1.82, 2.24) is 0 Å². The molecule has 0 radical (unpaired) electrons. The van der Waals surface area contributed by atoms with Crippen LogP contribution in [-0.4, -0.2) is 6.04 Å². The Morgan fingerprint density at radius 3 is 2.40 bits per heavy atom. The van der Waals surface area contributed by atoms with Crippen molar-refractivity contribution in [2.24, 2.45) is 5.73 Å². The third kappa shape index (κ3) is 3.17. The van der Waals surface area contributed by atoms with Crippen molar-refractivity contribution in [1.29, 1.82) is 0 Å². The summed E-state index contributed by atoms with van der Waals surface area (Å²) in [5.41, 5.74) is 8.65. The van der Waals surface area contributed by atoms with E-state index in [1.807, 2.05) is 39.0 Å². The number of benzene rings is 2. The molecule has 0 bridgehead atoms. The lowest BCUT2D eigenvalue weighted by atomic mass is 10.0. The number of nitrogens with two attached hydrogens (primary N) is 1. The Labute approximate surface area is 119 Å². The monoisotopic (exact) mass is 273 g/mol. The first-order valence-electron chi connectivity index (χ1n) is 6.73. The molecule has 2 unspecified atom stereocenters. The van der Waals surface area contributed by atoms with E-state index in [4.69, 9.17) is 10.5 Å². The first kappa shape index (κ1) is 14.5. The van der Waals surface area contributed by atoms with Gasteiger partial charge in [-0.3, -0.25) is 0 Å². The van der Waals surface area contributed by atoms with E-state index in [1.54, 1.807) is 18.2 Å². The second kappa shape index (κ2) is 6.06. The molecule has 0 amide bonds. The molecule has 0 aromatic heterocycles. The summed E-state index contributed by atoms with van der Waals surface area (Å²) in [5.74, 6) is 0.445. The molecule has 2 aromatic carbocycles. The fourth-order valence-electron chi connectivity index (χ4n) is 2.23. The predicted molar refractivity (Wildman–Crippen MR) is 79.3 cm³/mol. The Morgan fingerprint density at radius 2 is 1.80 bits per heavy atom. The van der Waals surface area contributed by atoms with Crippen molar-refractivity contribution < 1.29 is 9.13 Å². The van der Waals surface area contributed by atoms with Crippen molar-refractivity contribution in [2.75, 3.05) is 0 Å². The Bertz CT molecular complexity index is 595. The van der Waals surface area contributed by atoms with Gasteiger partial charge in [0.2, 0.25) is 0 Å².